The van der Waals surface area contributed by atoms with Crippen molar-refractivity contribution in [3.63, 3.8) is 0 Å². The molecule has 1 atom stereocenters. The normalized spacial score (nSPS) is 18.9. The first-order valence-corrected chi connectivity index (χ1v) is 9.99. The van der Waals surface area contributed by atoms with E-state index in [1.54, 1.807) is 25.1 Å². The first-order valence-electron chi connectivity index (χ1n) is 9.24. The molecule has 1 aliphatic rings. The van der Waals surface area contributed by atoms with Crippen molar-refractivity contribution in [2.45, 2.75) is 32.9 Å². The van der Waals surface area contributed by atoms with Crippen LogP contribution in [0.3, 0.4) is 0 Å². The number of carbonyl (C=O) groups excluding carboxylic acids is 2. The summed E-state index contributed by atoms with van der Waals surface area (Å²) in [5.74, 6) is -0.470. The van der Waals surface area contributed by atoms with Crippen molar-refractivity contribution >= 4 is 46.1 Å². The highest BCUT2D eigenvalue weighted by molar-refractivity contribution is 6.35. The van der Waals surface area contributed by atoms with E-state index >= 15 is 0 Å². The van der Waals surface area contributed by atoms with Crippen LogP contribution in [0, 0.1) is 13.8 Å². The highest BCUT2D eigenvalue weighted by Crippen LogP contribution is 2.36. The Labute approximate surface area is 182 Å². The molecule has 0 bridgehead atoms. The van der Waals surface area contributed by atoms with Gasteiger partial charge in [-0.25, -0.2) is 9.59 Å². The van der Waals surface area contributed by atoms with E-state index in [1.165, 1.54) is 12.1 Å². The summed E-state index contributed by atoms with van der Waals surface area (Å²) in [4.78, 5) is 39.1. The Bertz CT molecular complexity index is 1280. The van der Waals surface area contributed by atoms with Crippen LogP contribution in [0.2, 0.25) is 10.0 Å². The van der Waals surface area contributed by atoms with E-state index in [-0.39, 0.29) is 11.6 Å². The molecule has 1 saturated heterocycles. The number of urea groups is 1. The summed E-state index contributed by atoms with van der Waals surface area (Å²) in [5.41, 5.74) is 1.47. The van der Waals surface area contributed by atoms with Crippen LogP contribution in [0.1, 0.15) is 29.2 Å². The lowest BCUT2D eigenvalue weighted by atomic mass is 9.92. The first kappa shape index (κ1) is 20.4. The van der Waals surface area contributed by atoms with E-state index in [4.69, 9.17) is 27.6 Å². The van der Waals surface area contributed by atoms with Crippen molar-refractivity contribution < 1.29 is 14.0 Å². The van der Waals surface area contributed by atoms with E-state index in [0.717, 1.165) is 16.0 Å². The molecule has 0 aliphatic carbocycles. The standard InChI is InChI=1S/C22H18Cl2N2O4/c1-11-6-15-13(8-19(27)30-18(15)7-12(11)2)10-26-20(28)22(3,25-21(26)29)16-5-4-14(23)9-17(16)24/h4-9H,10H2,1-3H3,(H,25,29)/t22-/m1/s1. The third-order valence-corrected chi connectivity index (χ3v) is 6.07. The van der Waals surface area contributed by atoms with Gasteiger partial charge in [0, 0.05) is 27.1 Å². The molecule has 6 nitrogen and oxygen atoms in total. The molecule has 0 radical (unpaired) electrons. The van der Waals surface area contributed by atoms with Gasteiger partial charge in [-0.3, -0.25) is 9.69 Å². The second kappa shape index (κ2) is 7.15. The minimum Gasteiger partial charge on any atom is -0.423 e. The molecular formula is C22H18Cl2N2O4. The van der Waals surface area contributed by atoms with E-state index in [1.807, 2.05) is 19.9 Å². The summed E-state index contributed by atoms with van der Waals surface area (Å²) in [5, 5.41) is 4.10. The SMILES string of the molecule is Cc1cc2oc(=O)cc(CN3C(=O)N[C@](C)(c4ccc(Cl)cc4Cl)C3=O)c2cc1C. The van der Waals surface area contributed by atoms with E-state index in [0.29, 0.717) is 27.1 Å². The van der Waals surface area contributed by atoms with Gasteiger partial charge in [0.25, 0.3) is 5.91 Å². The van der Waals surface area contributed by atoms with Crippen molar-refractivity contribution in [1.29, 1.82) is 0 Å². The smallest absolute Gasteiger partial charge is 0.336 e. The predicted molar refractivity (Wildman–Crippen MR) is 115 cm³/mol. The van der Waals surface area contributed by atoms with Crippen molar-refractivity contribution in [2.24, 2.45) is 0 Å². The lowest BCUT2D eigenvalue weighted by Gasteiger charge is -2.23. The van der Waals surface area contributed by atoms with Gasteiger partial charge < -0.3 is 9.73 Å². The van der Waals surface area contributed by atoms with Gasteiger partial charge in [0.05, 0.1) is 6.54 Å². The van der Waals surface area contributed by atoms with Gasteiger partial charge in [-0.05, 0) is 61.7 Å². The fourth-order valence-electron chi connectivity index (χ4n) is 3.70. The molecule has 0 saturated carbocycles. The lowest BCUT2D eigenvalue weighted by molar-refractivity contribution is -0.131. The minimum absolute atomic E-state index is 0.0733. The number of rotatable bonds is 3. The third-order valence-electron chi connectivity index (χ3n) is 5.52. The van der Waals surface area contributed by atoms with Crippen LogP contribution in [0.5, 0.6) is 0 Å². The molecule has 2 heterocycles. The maximum Gasteiger partial charge on any atom is 0.336 e. The summed E-state index contributed by atoms with van der Waals surface area (Å²) in [6.07, 6.45) is 0. The van der Waals surface area contributed by atoms with E-state index < -0.39 is 23.1 Å². The zero-order valence-corrected chi connectivity index (χ0v) is 18.0. The van der Waals surface area contributed by atoms with Crippen LogP contribution in [0.25, 0.3) is 11.0 Å². The Morgan fingerprint density at radius 3 is 2.43 bits per heavy atom. The molecule has 0 unspecified atom stereocenters. The van der Waals surface area contributed by atoms with E-state index in [9.17, 15) is 14.4 Å². The molecule has 4 rings (SSSR count). The molecule has 154 valence electrons. The number of imide groups is 1. The maximum atomic E-state index is 13.3. The van der Waals surface area contributed by atoms with Crippen molar-refractivity contribution in [3.05, 3.63) is 79.1 Å². The van der Waals surface area contributed by atoms with Crippen LogP contribution in [-0.2, 0) is 16.9 Å². The Balaban J connectivity index is 1.76. The Hall–Kier alpha value is -2.83. The quantitative estimate of drug-likeness (QED) is 0.469. The predicted octanol–water partition coefficient (Wildman–Crippen LogP) is 4.68. The summed E-state index contributed by atoms with van der Waals surface area (Å²) in [7, 11) is 0. The number of nitrogens with one attached hydrogen (secondary N) is 1. The second-order valence-electron chi connectivity index (χ2n) is 7.59. The molecule has 2 aromatic carbocycles. The molecule has 1 aromatic heterocycles. The van der Waals surface area contributed by atoms with Crippen LogP contribution in [0.15, 0.2) is 45.6 Å². The number of halogens is 2. The fraction of sp³-hybridized carbons (Fsp3) is 0.227. The summed E-state index contributed by atoms with van der Waals surface area (Å²) in [6, 6.07) is 9.14. The highest BCUT2D eigenvalue weighted by atomic mass is 35.5. The van der Waals surface area contributed by atoms with Gasteiger partial charge >= 0.3 is 11.7 Å². The van der Waals surface area contributed by atoms with Crippen LogP contribution in [-0.4, -0.2) is 16.8 Å². The van der Waals surface area contributed by atoms with Gasteiger partial charge in [0.2, 0.25) is 0 Å². The van der Waals surface area contributed by atoms with Gasteiger partial charge in [-0.1, -0.05) is 29.3 Å². The number of amides is 3. The van der Waals surface area contributed by atoms with E-state index in [2.05, 4.69) is 5.32 Å². The summed E-state index contributed by atoms with van der Waals surface area (Å²) < 4.78 is 5.30. The zero-order valence-electron chi connectivity index (χ0n) is 16.5. The Kier molecular flexibility index (Phi) is 4.87. The molecule has 1 fully saturated rings. The first-order chi connectivity index (χ1) is 14.1. The molecule has 30 heavy (non-hydrogen) atoms. The molecule has 1 aliphatic heterocycles. The maximum absolute atomic E-state index is 13.3. The van der Waals surface area contributed by atoms with Gasteiger partial charge in [-0.15, -0.1) is 0 Å². The number of benzene rings is 2. The summed E-state index contributed by atoms with van der Waals surface area (Å²) >= 11 is 12.2. The topological polar surface area (TPSA) is 79.6 Å². The average molecular weight is 445 g/mol. The average Bonchev–Trinajstić information content (AvgIpc) is 2.87. The van der Waals surface area contributed by atoms with Crippen molar-refractivity contribution in [1.82, 2.24) is 10.2 Å². The second-order valence-corrected chi connectivity index (χ2v) is 8.44. The number of hydrogen-bond acceptors (Lipinski definition) is 4. The van der Waals surface area contributed by atoms with Gasteiger partial charge in [0.1, 0.15) is 11.1 Å². The number of nitrogens with zero attached hydrogens (tertiary/aromatic N) is 1. The van der Waals surface area contributed by atoms with Crippen LogP contribution in [0.4, 0.5) is 4.79 Å². The van der Waals surface area contributed by atoms with Gasteiger partial charge in [0.15, 0.2) is 0 Å². The van der Waals surface area contributed by atoms with Crippen molar-refractivity contribution in [2.75, 3.05) is 0 Å². The molecule has 1 N–H and O–H groups in total. The summed E-state index contributed by atoms with van der Waals surface area (Å²) in [6.45, 7) is 5.38. The van der Waals surface area contributed by atoms with Crippen molar-refractivity contribution in [3.8, 4) is 0 Å². The molecule has 3 amide bonds. The fourth-order valence-corrected chi connectivity index (χ4v) is 4.30. The van der Waals surface area contributed by atoms with Gasteiger partial charge in [-0.2, -0.15) is 0 Å². The lowest BCUT2D eigenvalue weighted by Crippen LogP contribution is -2.41. The molecule has 3 aromatic rings. The number of fused-ring (bicyclic) bond motifs is 1. The third kappa shape index (κ3) is 3.26. The number of aryl methyl sites for hydroxylation is 2. The Morgan fingerprint density at radius 1 is 1.03 bits per heavy atom. The van der Waals surface area contributed by atoms with Crippen LogP contribution >= 0.6 is 23.2 Å². The highest BCUT2D eigenvalue weighted by Gasteiger charge is 2.50. The largest absolute Gasteiger partial charge is 0.423 e. The van der Waals surface area contributed by atoms with Crippen LogP contribution < -0.4 is 10.9 Å². The zero-order chi connectivity index (χ0) is 21.8. The Morgan fingerprint density at radius 2 is 1.73 bits per heavy atom. The minimum atomic E-state index is -1.35. The number of carbonyl (C=O) groups is 2. The molecular weight excluding hydrogens is 427 g/mol. The molecule has 8 heteroatoms. The monoisotopic (exact) mass is 444 g/mol. The number of hydrogen-bond donors (Lipinski definition) is 1. The molecule has 0 spiro atoms.